The van der Waals surface area contributed by atoms with Crippen molar-refractivity contribution in [3.8, 4) is 0 Å². The maximum atomic E-state index is 12.4. The summed E-state index contributed by atoms with van der Waals surface area (Å²) in [6.45, 7) is 2.59. The zero-order valence-corrected chi connectivity index (χ0v) is 12.7. The molecule has 5 nitrogen and oxygen atoms in total. The number of aliphatic carboxylic acids is 1. The zero-order chi connectivity index (χ0) is 14.8. The first-order valence-corrected chi connectivity index (χ1v) is 7.10. The summed E-state index contributed by atoms with van der Waals surface area (Å²) in [6, 6.07) is 5.40. The molecule has 1 unspecified atom stereocenters. The van der Waals surface area contributed by atoms with Crippen LogP contribution >= 0.6 is 15.9 Å². The highest BCUT2D eigenvalue weighted by Crippen LogP contribution is 2.26. The number of benzene rings is 1. The number of nitrogens with one attached hydrogen (secondary N) is 1. The minimum Gasteiger partial charge on any atom is -0.481 e. The van der Waals surface area contributed by atoms with Crippen LogP contribution in [-0.4, -0.2) is 35.7 Å². The third-order valence-electron chi connectivity index (χ3n) is 3.41. The van der Waals surface area contributed by atoms with Crippen molar-refractivity contribution in [2.45, 2.75) is 25.3 Å². The minimum absolute atomic E-state index is 0.137. The molecule has 1 aromatic rings. The molecule has 6 heteroatoms. The number of aryl methyl sites for hydroxylation is 1. The van der Waals surface area contributed by atoms with Crippen LogP contribution in [0.25, 0.3) is 0 Å². The molecule has 0 saturated carbocycles. The summed E-state index contributed by atoms with van der Waals surface area (Å²) in [5, 5.41) is 11.8. The fraction of sp³-hybridized carbons (Fsp3) is 0.429. The Hall–Kier alpha value is -1.40. The van der Waals surface area contributed by atoms with Crippen molar-refractivity contribution in [1.29, 1.82) is 0 Å². The molecule has 0 aromatic heterocycles. The molecule has 0 bridgehead atoms. The summed E-state index contributed by atoms with van der Waals surface area (Å²) in [4.78, 5) is 23.4. The van der Waals surface area contributed by atoms with Gasteiger partial charge in [-0.05, 0) is 40.9 Å². The maximum Gasteiger partial charge on any atom is 0.305 e. The topological polar surface area (TPSA) is 75.6 Å². The lowest BCUT2D eigenvalue weighted by Gasteiger charge is -2.27. The van der Waals surface area contributed by atoms with Gasteiger partial charge in [0.15, 0.2) is 0 Å². The fourth-order valence-corrected chi connectivity index (χ4v) is 2.75. The second-order valence-electron chi connectivity index (χ2n) is 5.04. The largest absolute Gasteiger partial charge is 0.481 e. The Labute approximate surface area is 125 Å². The van der Waals surface area contributed by atoms with Crippen LogP contribution in [0.15, 0.2) is 22.7 Å². The number of hydrogen-bond acceptors (Lipinski definition) is 3. The quantitative estimate of drug-likeness (QED) is 0.879. The SMILES string of the molecule is Cc1cccc(C(=O)NC2(CC(=O)O)CCOC2)c1Br. The first kappa shape index (κ1) is 15.0. The molecule has 0 spiro atoms. The van der Waals surface area contributed by atoms with Crippen LogP contribution < -0.4 is 5.32 Å². The van der Waals surface area contributed by atoms with Gasteiger partial charge < -0.3 is 15.2 Å². The van der Waals surface area contributed by atoms with Crippen molar-refractivity contribution in [2.75, 3.05) is 13.2 Å². The number of carboxylic acids is 1. The molecule has 1 atom stereocenters. The molecule has 2 rings (SSSR count). The summed E-state index contributed by atoms with van der Waals surface area (Å²) in [6.07, 6.45) is 0.372. The Kier molecular flexibility index (Phi) is 4.45. The second-order valence-corrected chi connectivity index (χ2v) is 5.84. The Bertz CT molecular complexity index is 538. The standard InChI is InChI=1S/C14H16BrNO4/c1-9-3-2-4-10(12(9)15)13(19)16-14(7-11(17)18)5-6-20-8-14/h2-4H,5-8H2,1H3,(H,16,19)(H,17,18). The van der Waals surface area contributed by atoms with Crippen LogP contribution in [0.1, 0.15) is 28.8 Å². The molecule has 1 saturated heterocycles. The van der Waals surface area contributed by atoms with Crippen LogP contribution in [0.3, 0.4) is 0 Å². The van der Waals surface area contributed by atoms with Gasteiger partial charge in [0.25, 0.3) is 5.91 Å². The summed E-state index contributed by atoms with van der Waals surface area (Å²) < 4.78 is 5.99. The maximum absolute atomic E-state index is 12.4. The highest BCUT2D eigenvalue weighted by molar-refractivity contribution is 9.10. The number of amides is 1. The van der Waals surface area contributed by atoms with Gasteiger partial charge in [-0.15, -0.1) is 0 Å². The van der Waals surface area contributed by atoms with Gasteiger partial charge in [0, 0.05) is 11.1 Å². The van der Waals surface area contributed by atoms with Gasteiger partial charge in [-0.3, -0.25) is 9.59 Å². The summed E-state index contributed by atoms with van der Waals surface area (Å²) >= 11 is 3.39. The van der Waals surface area contributed by atoms with Gasteiger partial charge in [0.05, 0.1) is 24.1 Å². The van der Waals surface area contributed by atoms with Gasteiger partial charge in [-0.25, -0.2) is 0 Å². The molecular weight excluding hydrogens is 326 g/mol. The summed E-state index contributed by atoms with van der Waals surface area (Å²) in [5.41, 5.74) is 0.640. The van der Waals surface area contributed by atoms with Crippen LogP contribution in [-0.2, 0) is 9.53 Å². The van der Waals surface area contributed by atoms with E-state index in [1.54, 1.807) is 12.1 Å². The molecule has 1 amide bonds. The normalized spacial score (nSPS) is 21.7. The van der Waals surface area contributed by atoms with Crippen molar-refractivity contribution in [3.63, 3.8) is 0 Å². The smallest absolute Gasteiger partial charge is 0.305 e. The molecule has 1 aliphatic heterocycles. The Morgan fingerprint density at radius 2 is 2.25 bits per heavy atom. The summed E-state index contributed by atoms with van der Waals surface area (Å²) in [5.74, 6) is -1.23. The van der Waals surface area contributed by atoms with Crippen LogP contribution in [0.4, 0.5) is 0 Å². The Balaban J connectivity index is 2.20. The lowest BCUT2D eigenvalue weighted by Crippen LogP contribution is -2.50. The van der Waals surface area contributed by atoms with E-state index >= 15 is 0 Å². The van der Waals surface area contributed by atoms with Crippen molar-refractivity contribution >= 4 is 27.8 Å². The van der Waals surface area contributed by atoms with E-state index in [9.17, 15) is 9.59 Å². The number of ether oxygens (including phenoxy) is 1. The van der Waals surface area contributed by atoms with Crippen LogP contribution in [0, 0.1) is 6.92 Å². The average Bonchev–Trinajstić information content (AvgIpc) is 2.79. The van der Waals surface area contributed by atoms with Gasteiger partial charge in [0.2, 0.25) is 0 Å². The lowest BCUT2D eigenvalue weighted by molar-refractivity contribution is -0.138. The Morgan fingerprint density at radius 3 is 2.85 bits per heavy atom. The fourth-order valence-electron chi connectivity index (χ4n) is 2.31. The predicted molar refractivity (Wildman–Crippen MR) is 76.8 cm³/mol. The van der Waals surface area contributed by atoms with E-state index in [0.717, 1.165) is 10.0 Å². The van der Waals surface area contributed by atoms with E-state index in [0.29, 0.717) is 18.6 Å². The highest BCUT2D eigenvalue weighted by atomic mass is 79.9. The van der Waals surface area contributed by atoms with Crippen LogP contribution in [0.2, 0.25) is 0 Å². The lowest BCUT2D eigenvalue weighted by atomic mass is 9.93. The first-order chi connectivity index (χ1) is 9.43. The molecule has 2 N–H and O–H groups in total. The van der Waals surface area contributed by atoms with Gasteiger partial charge in [-0.1, -0.05) is 12.1 Å². The van der Waals surface area contributed by atoms with E-state index < -0.39 is 11.5 Å². The van der Waals surface area contributed by atoms with E-state index in [-0.39, 0.29) is 18.9 Å². The van der Waals surface area contributed by atoms with E-state index in [1.807, 2.05) is 13.0 Å². The molecule has 108 valence electrons. The van der Waals surface area contributed by atoms with Gasteiger partial charge in [-0.2, -0.15) is 0 Å². The van der Waals surface area contributed by atoms with Crippen molar-refractivity contribution in [1.82, 2.24) is 5.32 Å². The third kappa shape index (κ3) is 3.19. The van der Waals surface area contributed by atoms with Gasteiger partial charge >= 0.3 is 5.97 Å². The van der Waals surface area contributed by atoms with Crippen molar-refractivity contribution in [3.05, 3.63) is 33.8 Å². The molecule has 20 heavy (non-hydrogen) atoms. The zero-order valence-electron chi connectivity index (χ0n) is 11.1. The third-order valence-corrected chi connectivity index (χ3v) is 4.46. The highest BCUT2D eigenvalue weighted by Gasteiger charge is 2.39. The number of hydrogen-bond donors (Lipinski definition) is 2. The monoisotopic (exact) mass is 341 g/mol. The molecule has 1 aromatic carbocycles. The molecular formula is C14H16BrNO4. The molecule has 1 aliphatic rings. The Morgan fingerprint density at radius 1 is 1.50 bits per heavy atom. The molecule has 0 aliphatic carbocycles. The average molecular weight is 342 g/mol. The molecule has 1 fully saturated rings. The minimum atomic E-state index is -0.945. The number of carbonyl (C=O) groups excluding carboxylic acids is 1. The van der Waals surface area contributed by atoms with E-state index in [1.165, 1.54) is 0 Å². The van der Waals surface area contributed by atoms with Crippen LogP contribution in [0.5, 0.6) is 0 Å². The number of carbonyl (C=O) groups is 2. The number of carboxylic acid groups (broad SMARTS) is 1. The van der Waals surface area contributed by atoms with Gasteiger partial charge in [0.1, 0.15) is 0 Å². The molecule has 0 radical (unpaired) electrons. The number of rotatable bonds is 4. The first-order valence-electron chi connectivity index (χ1n) is 6.31. The summed E-state index contributed by atoms with van der Waals surface area (Å²) in [7, 11) is 0. The van der Waals surface area contributed by atoms with E-state index in [2.05, 4.69) is 21.2 Å². The predicted octanol–water partition coefficient (Wildman–Crippen LogP) is 2.12. The van der Waals surface area contributed by atoms with Crippen molar-refractivity contribution < 1.29 is 19.4 Å². The molecule has 1 heterocycles. The number of halogens is 1. The van der Waals surface area contributed by atoms with E-state index in [4.69, 9.17) is 9.84 Å². The second kappa shape index (κ2) is 5.93. The van der Waals surface area contributed by atoms with Crippen molar-refractivity contribution in [2.24, 2.45) is 0 Å².